The molecule has 0 unspecified atom stereocenters. The number of carbonyl (C=O) groups is 4. The number of nitrogens with zero attached hydrogens (tertiary/aromatic N) is 1. The van der Waals surface area contributed by atoms with E-state index in [0.717, 1.165) is 17.7 Å². The summed E-state index contributed by atoms with van der Waals surface area (Å²) in [4.78, 5) is 51.3. The summed E-state index contributed by atoms with van der Waals surface area (Å²) in [6, 6.07) is 8.98. The van der Waals surface area contributed by atoms with Crippen LogP contribution >= 0.6 is 0 Å². The van der Waals surface area contributed by atoms with Crippen molar-refractivity contribution >= 4 is 29.4 Å². The van der Waals surface area contributed by atoms with Crippen LogP contribution in [0.4, 0.5) is 5.69 Å². The predicted molar refractivity (Wildman–Crippen MR) is 119 cm³/mol. The third-order valence-electron chi connectivity index (χ3n) is 5.63. The maximum absolute atomic E-state index is 12.8. The molecular formula is C24H24N2O8. The summed E-state index contributed by atoms with van der Waals surface area (Å²) in [6.45, 7) is 0.243. The number of hydrogen-bond acceptors (Lipinski definition) is 8. The van der Waals surface area contributed by atoms with Crippen LogP contribution < -0.4 is 14.8 Å². The highest BCUT2D eigenvalue weighted by Gasteiger charge is 2.38. The first-order chi connectivity index (χ1) is 16.4. The second kappa shape index (κ2) is 9.92. The molecular weight excluding hydrogens is 444 g/mol. The van der Waals surface area contributed by atoms with Gasteiger partial charge in [0.2, 0.25) is 0 Å². The highest BCUT2D eigenvalue weighted by atomic mass is 16.5. The lowest BCUT2D eigenvalue weighted by atomic mass is 10.1. The highest BCUT2D eigenvalue weighted by Crippen LogP contribution is 2.29. The Bertz CT molecular complexity index is 1140. The molecule has 2 aromatic rings. The number of imide groups is 1. The van der Waals surface area contributed by atoms with E-state index >= 15 is 0 Å². The van der Waals surface area contributed by atoms with Crippen LogP contribution in [0, 0.1) is 0 Å². The van der Waals surface area contributed by atoms with Crippen molar-refractivity contribution in [2.75, 3.05) is 39.3 Å². The number of amides is 3. The summed E-state index contributed by atoms with van der Waals surface area (Å²) in [7, 11) is 2.96. The van der Waals surface area contributed by atoms with E-state index < -0.39 is 30.3 Å². The Kier molecular flexibility index (Phi) is 6.78. The van der Waals surface area contributed by atoms with Gasteiger partial charge in [0.25, 0.3) is 17.7 Å². The number of carbonyl (C=O) groups excluding carboxylic acids is 4. The van der Waals surface area contributed by atoms with E-state index in [2.05, 4.69) is 5.32 Å². The van der Waals surface area contributed by atoms with Crippen LogP contribution in [-0.2, 0) is 14.3 Å². The van der Waals surface area contributed by atoms with Gasteiger partial charge < -0.3 is 24.3 Å². The average Bonchev–Trinajstić information content (AvgIpc) is 3.45. The zero-order chi connectivity index (χ0) is 24.2. The Morgan fingerprint density at radius 2 is 1.85 bits per heavy atom. The first-order valence-electron chi connectivity index (χ1n) is 10.7. The molecule has 4 rings (SSSR count). The molecule has 1 fully saturated rings. The summed E-state index contributed by atoms with van der Waals surface area (Å²) in [5.41, 5.74) is 0.805. The second-order valence-electron chi connectivity index (χ2n) is 7.81. The van der Waals surface area contributed by atoms with Crippen molar-refractivity contribution in [3.05, 3.63) is 53.1 Å². The molecule has 2 heterocycles. The van der Waals surface area contributed by atoms with E-state index in [0.29, 0.717) is 23.8 Å². The Labute approximate surface area is 195 Å². The number of benzene rings is 2. The van der Waals surface area contributed by atoms with Crippen LogP contribution in [0.25, 0.3) is 0 Å². The molecule has 3 amide bonds. The van der Waals surface area contributed by atoms with Gasteiger partial charge in [0.1, 0.15) is 11.5 Å². The first-order valence-corrected chi connectivity index (χ1v) is 10.7. The summed E-state index contributed by atoms with van der Waals surface area (Å²) in [6.07, 6.45) is 1.51. The lowest BCUT2D eigenvalue weighted by Crippen LogP contribution is -2.36. The minimum absolute atomic E-state index is 0.0636. The Morgan fingerprint density at radius 3 is 2.56 bits per heavy atom. The molecule has 0 aliphatic carbocycles. The van der Waals surface area contributed by atoms with E-state index in [1.807, 2.05) is 0 Å². The molecule has 10 nitrogen and oxygen atoms in total. The summed E-state index contributed by atoms with van der Waals surface area (Å²) < 4.78 is 20.9. The van der Waals surface area contributed by atoms with Crippen LogP contribution in [-0.4, -0.2) is 68.7 Å². The van der Waals surface area contributed by atoms with E-state index in [1.54, 1.807) is 18.2 Å². The Hall–Kier alpha value is -3.92. The van der Waals surface area contributed by atoms with Gasteiger partial charge in [-0.05, 0) is 43.2 Å². The van der Waals surface area contributed by atoms with Gasteiger partial charge in [-0.25, -0.2) is 4.79 Å². The van der Waals surface area contributed by atoms with E-state index in [4.69, 9.17) is 18.9 Å². The van der Waals surface area contributed by atoms with Gasteiger partial charge in [0.05, 0.1) is 49.2 Å². The standard InChI is InChI=1S/C24H24N2O8/c1-31-15-6-8-19(20(11-15)32-2)25-21(27)13-34-24(30)14-5-7-17-18(10-14)23(29)26(22(17)28)12-16-4-3-9-33-16/h5-8,10-11,16H,3-4,9,12-13H2,1-2H3,(H,25,27)/t16-/m0/s1. The number of nitrogens with one attached hydrogen (secondary N) is 1. The third-order valence-corrected chi connectivity index (χ3v) is 5.63. The van der Waals surface area contributed by atoms with Crippen LogP contribution in [0.3, 0.4) is 0 Å². The van der Waals surface area contributed by atoms with Crippen molar-refractivity contribution in [1.29, 1.82) is 0 Å². The van der Waals surface area contributed by atoms with Crippen molar-refractivity contribution < 1.29 is 38.1 Å². The van der Waals surface area contributed by atoms with Gasteiger partial charge in [-0.1, -0.05) is 0 Å². The molecule has 1 N–H and O–H groups in total. The maximum atomic E-state index is 12.8. The molecule has 34 heavy (non-hydrogen) atoms. The molecule has 0 aromatic heterocycles. The van der Waals surface area contributed by atoms with E-state index in [-0.39, 0.29) is 29.3 Å². The number of esters is 1. The van der Waals surface area contributed by atoms with Crippen molar-refractivity contribution in [3.63, 3.8) is 0 Å². The number of hydrogen-bond donors (Lipinski definition) is 1. The topological polar surface area (TPSA) is 120 Å². The van der Waals surface area contributed by atoms with Gasteiger partial charge >= 0.3 is 5.97 Å². The molecule has 10 heteroatoms. The fourth-order valence-electron chi connectivity index (χ4n) is 3.88. The van der Waals surface area contributed by atoms with Crippen molar-refractivity contribution in [1.82, 2.24) is 4.90 Å². The fourth-order valence-corrected chi connectivity index (χ4v) is 3.88. The molecule has 1 atom stereocenters. The number of rotatable bonds is 8. The van der Waals surface area contributed by atoms with E-state index in [9.17, 15) is 19.2 Å². The zero-order valence-corrected chi connectivity index (χ0v) is 18.8. The molecule has 0 saturated carbocycles. The number of anilines is 1. The molecule has 0 bridgehead atoms. The van der Waals surface area contributed by atoms with Gasteiger partial charge in [0, 0.05) is 12.7 Å². The predicted octanol–water partition coefficient (Wildman–Crippen LogP) is 2.27. The molecule has 0 radical (unpaired) electrons. The lowest BCUT2D eigenvalue weighted by Gasteiger charge is -2.17. The van der Waals surface area contributed by atoms with Crippen molar-refractivity contribution in [2.24, 2.45) is 0 Å². The molecule has 178 valence electrons. The highest BCUT2D eigenvalue weighted by molar-refractivity contribution is 6.22. The van der Waals surface area contributed by atoms with Crippen LogP contribution in [0.2, 0.25) is 0 Å². The largest absolute Gasteiger partial charge is 0.497 e. The maximum Gasteiger partial charge on any atom is 0.338 e. The van der Waals surface area contributed by atoms with Crippen LogP contribution in [0.15, 0.2) is 36.4 Å². The van der Waals surface area contributed by atoms with E-state index in [1.165, 1.54) is 32.4 Å². The normalized spacial score (nSPS) is 16.9. The quantitative estimate of drug-likeness (QED) is 0.463. The van der Waals surface area contributed by atoms with Gasteiger partial charge in [0.15, 0.2) is 6.61 Å². The van der Waals surface area contributed by atoms with Gasteiger partial charge in [-0.15, -0.1) is 0 Å². The van der Waals surface area contributed by atoms with Crippen LogP contribution in [0.1, 0.15) is 43.9 Å². The summed E-state index contributed by atoms with van der Waals surface area (Å²) in [5.74, 6) is -1.32. The SMILES string of the molecule is COc1ccc(NC(=O)COC(=O)c2ccc3c(c2)C(=O)N(C[C@@H]2CCCO2)C3=O)c(OC)c1. The monoisotopic (exact) mass is 468 g/mol. The smallest absolute Gasteiger partial charge is 0.338 e. The fraction of sp³-hybridized carbons (Fsp3) is 0.333. The summed E-state index contributed by atoms with van der Waals surface area (Å²) in [5, 5.41) is 2.60. The molecule has 2 aromatic carbocycles. The first kappa shape index (κ1) is 23.2. The average molecular weight is 468 g/mol. The molecule has 0 spiro atoms. The van der Waals surface area contributed by atoms with Gasteiger partial charge in [-0.3, -0.25) is 19.3 Å². The zero-order valence-electron chi connectivity index (χ0n) is 18.8. The summed E-state index contributed by atoms with van der Waals surface area (Å²) >= 11 is 0. The number of fused-ring (bicyclic) bond motifs is 1. The minimum Gasteiger partial charge on any atom is -0.497 e. The van der Waals surface area contributed by atoms with Gasteiger partial charge in [-0.2, -0.15) is 0 Å². The Balaban J connectivity index is 1.37. The minimum atomic E-state index is -0.794. The lowest BCUT2D eigenvalue weighted by molar-refractivity contribution is -0.119. The van der Waals surface area contributed by atoms with Crippen molar-refractivity contribution in [2.45, 2.75) is 18.9 Å². The van der Waals surface area contributed by atoms with Crippen molar-refractivity contribution in [3.8, 4) is 11.5 Å². The number of ether oxygens (including phenoxy) is 4. The second-order valence-corrected chi connectivity index (χ2v) is 7.81. The molecule has 1 saturated heterocycles. The Morgan fingerprint density at radius 1 is 1.06 bits per heavy atom. The third kappa shape index (κ3) is 4.72. The molecule has 2 aliphatic rings. The van der Waals surface area contributed by atoms with Crippen LogP contribution in [0.5, 0.6) is 11.5 Å². The number of methoxy groups -OCH3 is 2. The molecule has 2 aliphatic heterocycles.